The van der Waals surface area contributed by atoms with Crippen molar-refractivity contribution in [1.29, 1.82) is 0 Å². The molecule has 1 atom stereocenters. The molecule has 4 saturated carbocycles. The molecule has 3 amide bonds. The van der Waals surface area contributed by atoms with Gasteiger partial charge in [0.25, 0.3) is 5.91 Å². The van der Waals surface area contributed by atoms with Crippen LogP contribution in [-0.2, 0) is 14.4 Å². The van der Waals surface area contributed by atoms with E-state index in [9.17, 15) is 14.4 Å². The van der Waals surface area contributed by atoms with Crippen LogP contribution in [0.4, 0.5) is 0 Å². The first-order valence-corrected chi connectivity index (χ1v) is 8.71. The topological polar surface area (TPSA) is 87.3 Å². The fourth-order valence-corrected chi connectivity index (χ4v) is 5.50. The van der Waals surface area contributed by atoms with E-state index < -0.39 is 11.9 Å². The van der Waals surface area contributed by atoms with Crippen molar-refractivity contribution in [3.8, 4) is 0 Å². The minimum Gasteiger partial charge on any atom is -0.345 e. The van der Waals surface area contributed by atoms with Crippen molar-refractivity contribution in [2.24, 2.45) is 23.2 Å². The fraction of sp³-hybridized carbons (Fsp3) is 0.824. The Labute approximate surface area is 137 Å². The van der Waals surface area contributed by atoms with Crippen LogP contribution in [0, 0.1) is 23.2 Å². The average molecular weight is 321 g/mol. The van der Waals surface area contributed by atoms with Crippen LogP contribution in [0.25, 0.3) is 0 Å². The highest BCUT2D eigenvalue weighted by Gasteiger charge is 2.51. The molecule has 6 nitrogen and oxygen atoms in total. The molecule has 4 fully saturated rings. The third-order valence-electron chi connectivity index (χ3n) is 5.84. The van der Waals surface area contributed by atoms with Gasteiger partial charge in [0, 0.05) is 13.3 Å². The molecule has 0 radical (unpaired) electrons. The molecule has 6 heteroatoms. The summed E-state index contributed by atoms with van der Waals surface area (Å²) < 4.78 is 0. The van der Waals surface area contributed by atoms with Crippen LogP contribution in [0.2, 0.25) is 0 Å². The molecule has 4 aliphatic rings. The summed E-state index contributed by atoms with van der Waals surface area (Å²) in [5.74, 6) is 1.64. The lowest BCUT2D eigenvalue weighted by molar-refractivity contribution is -0.135. The van der Waals surface area contributed by atoms with Gasteiger partial charge in [0.2, 0.25) is 11.8 Å². The van der Waals surface area contributed by atoms with E-state index in [1.807, 2.05) is 0 Å². The summed E-state index contributed by atoms with van der Waals surface area (Å²) in [4.78, 5) is 35.0. The second-order valence-corrected chi connectivity index (χ2v) is 8.05. The van der Waals surface area contributed by atoms with Crippen LogP contribution < -0.4 is 16.2 Å². The second kappa shape index (κ2) is 6.13. The Hall–Kier alpha value is -1.59. The lowest BCUT2D eigenvalue weighted by Gasteiger charge is -2.56. The number of carbonyl (C=O) groups is 3. The summed E-state index contributed by atoms with van der Waals surface area (Å²) in [7, 11) is 0. The predicted molar refractivity (Wildman–Crippen MR) is 84.8 cm³/mol. The van der Waals surface area contributed by atoms with Gasteiger partial charge in [0.05, 0.1) is 0 Å². The number of hydrogen-bond donors (Lipinski definition) is 3. The van der Waals surface area contributed by atoms with Gasteiger partial charge in [-0.05, 0) is 68.6 Å². The van der Waals surface area contributed by atoms with Gasteiger partial charge in [-0.25, -0.2) is 0 Å². The van der Waals surface area contributed by atoms with E-state index in [1.54, 1.807) is 6.92 Å². The average Bonchev–Trinajstić information content (AvgIpc) is 2.41. The minimum absolute atomic E-state index is 0.115. The first-order valence-electron chi connectivity index (χ1n) is 8.71. The standard InChI is InChI=1S/C17H27N3O3/c1-10(18-11(2)21)16(23)20-19-15(22)9-17-6-12-3-13(7-17)5-14(4-12)8-17/h10,12-14H,3-9H2,1-2H3,(H,18,21)(H,19,22)(H,20,23)/t10-,12?,13?,14?,17?/m0/s1. The Balaban J connectivity index is 1.48. The fourth-order valence-electron chi connectivity index (χ4n) is 5.50. The van der Waals surface area contributed by atoms with Gasteiger partial charge in [-0.15, -0.1) is 0 Å². The number of rotatable bonds is 4. The van der Waals surface area contributed by atoms with Gasteiger partial charge < -0.3 is 5.32 Å². The van der Waals surface area contributed by atoms with E-state index >= 15 is 0 Å². The Kier molecular flexibility index (Phi) is 4.34. The Morgan fingerprint density at radius 2 is 1.52 bits per heavy atom. The molecule has 0 unspecified atom stereocenters. The largest absolute Gasteiger partial charge is 0.345 e. The van der Waals surface area contributed by atoms with Crippen LogP contribution in [-0.4, -0.2) is 23.8 Å². The third kappa shape index (κ3) is 3.67. The van der Waals surface area contributed by atoms with Gasteiger partial charge in [-0.2, -0.15) is 0 Å². The van der Waals surface area contributed by atoms with E-state index in [0.29, 0.717) is 6.42 Å². The van der Waals surface area contributed by atoms with Gasteiger partial charge in [0.1, 0.15) is 6.04 Å². The van der Waals surface area contributed by atoms with Crippen molar-refractivity contribution in [2.75, 3.05) is 0 Å². The molecular formula is C17H27N3O3. The molecule has 0 aromatic carbocycles. The predicted octanol–water partition coefficient (Wildman–Crippen LogP) is 1.26. The van der Waals surface area contributed by atoms with Gasteiger partial charge in [0.15, 0.2) is 0 Å². The maximum atomic E-state index is 12.3. The summed E-state index contributed by atoms with van der Waals surface area (Å²) in [5, 5.41) is 2.49. The van der Waals surface area contributed by atoms with Crippen molar-refractivity contribution < 1.29 is 14.4 Å². The maximum absolute atomic E-state index is 12.3. The molecule has 0 heterocycles. The Bertz CT molecular complexity index is 482. The lowest BCUT2D eigenvalue weighted by atomic mass is 9.49. The molecule has 4 aliphatic carbocycles. The molecule has 3 N–H and O–H groups in total. The molecule has 0 saturated heterocycles. The molecule has 0 spiro atoms. The van der Waals surface area contributed by atoms with Crippen molar-refractivity contribution in [3.63, 3.8) is 0 Å². The summed E-state index contributed by atoms with van der Waals surface area (Å²) in [6.07, 6.45) is 8.07. The highest BCUT2D eigenvalue weighted by atomic mass is 16.2. The van der Waals surface area contributed by atoms with E-state index in [4.69, 9.17) is 0 Å². The first-order chi connectivity index (χ1) is 10.8. The molecule has 4 rings (SSSR count). The normalized spacial score (nSPS) is 35.5. The van der Waals surface area contributed by atoms with Crippen LogP contribution >= 0.6 is 0 Å². The lowest BCUT2D eigenvalue weighted by Crippen LogP contribution is -2.53. The van der Waals surface area contributed by atoms with Crippen LogP contribution in [0.5, 0.6) is 0 Å². The summed E-state index contributed by atoms with van der Waals surface area (Å²) in [6, 6.07) is -0.660. The van der Waals surface area contributed by atoms with Crippen molar-refractivity contribution in [1.82, 2.24) is 16.2 Å². The van der Waals surface area contributed by atoms with Crippen LogP contribution in [0.3, 0.4) is 0 Å². The number of hydrogen-bond acceptors (Lipinski definition) is 3. The van der Waals surface area contributed by atoms with Crippen molar-refractivity contribution in [2.45, 2.75) is 64.8 Å². The van der Waals surface area contributed by atoms with Crippen LogP contribution in [0.1, 0.15) is 58.8 Å². The third-order valence-corrected chi connectivity index (χ3v) is 5.84. The Morgan fingerprint density at radius 3 is 2.00 bits per heavy atom. The zero-order valence-corrected chi connectivity index (χ0v) is 14.0. The van der Waals surface area contributed by atoms with Gasteiger partial charge >= 0.3 is 0 Å². The maximum Gasteiger partial charge on any atom is 0.260 e. The minimum atomic E-state index is -0.660. The number of hydrazine groups is 1. The first kappa shape index (κ1) is 16.3. The molecule has 0 aromatic heterocycles. The van der Waals surface area contributed by atoms with E-state index in [0.717, 1.165) is 17.8 Å². The molecule has 0 aromatic rings. The molecule has 0 aliphatic heterocycles. The summed E-state index contributed by atoms with van der Waals surface area (Å²) in [5.41, 5.74) is 5.10. The highest BCUT2D eigenvalue weighted by molar-refractivity contribution is 5.88. The SMILES string of the molecule is CC(=O)N[C@@H](C)C(=O)NNC(=O)CC12CC3CC(CC(C3)C1)C2. The number of carbonyl (C=O) groups excluding carboxylic acids is 3. The van der Waals surface area contributed by atoms with Crippen molar-refractivity contribution >= 4 is 17.7 Å². The zero-order chi connectivity index (χ0) is 16.6. The summed E-state index contributed by atoms with van der Waals surface area (Å²) in [6.45, 7) is 2.94. The molecule has 23 heavy (non-hydrogen) atoms. The number of amides is 3. The van der Waals surface area contributed by atoms with E-state index in [-0.39, 0.29) is 17.2 Å². The van der Waals surface area contributed by atoms with E-state index in [1.165, 1.54) is 45.4 Å². The number of nitrogens with one attached hydrogen (secondary N) is 3. The highest BCUT2D eigenvalue weighted by Crippen LogP contribution is 2.61. The quantitative estimate of drug-likeness (QED) is 0.681. The Morgan fingerprint density at radius 1 is 1.00 bits per heavy atom. The molecule has 128 valence electrons. The molecule has 4 bridgehead atoms. The summed E-state index contributed by atoms with van der Waals surface area (Å²) >= 11 is 0. The monoisotopic (exact) mass is 321 g/mol. The smallest absolute Gasteiger partial charge is 0.260 e. The van der Waals surface area contributed by atoms with Gasteiger partial charge in [-0.3, -0.25) is 25.2 Å². The zero-order valence-electron chi connectivity index (χ0n) is 14.0. The van der Waals surface area contributed by atoms with Gasteiger partial charge in [-0.1, -0.05) is 0 Å². The van der Waals surface area contributed by atoms with E-state index in [2.05, 4.69) is 16.2 Å². The second-order valence-electron chi connectivity index (χ2n) is 8.05. The van der Waals surface area contributed by atoms with Crippen molar-refractivity contribution in [3.05, 3.63) is 0 Å². The van der Waals surface area contributed by atoms with Crippen LogP contribution in [0.15, 0.2) is 0 Å². The molecular weight excluding hydrogens is 294 g/mol.